The minimum absolute atomic E-state index is 0.585. The molecule has 0 N–H and O–H groups in total. The van der Waals surface area contributed by atoms with Crippen LogP contribution >= 0.6 is 0 Å². The summed E-state index contributed by atoms with van der Waals surface area (Å²) in [5.74, 6) is 1.82. The highest BCUT2D eigenvalue weighted by Crippen LogP contribution is 2.45. The quantitative estimate of drug-likeness (QED) is 0.170. The van der Waals surface area contributed by atoms with E-state index >= 15 is 0 Å². The van der Waals surface area contributed by atoms with Gasteiger partial charge >= 0.3 is 0 Å². The second-order valence-electron chi connectivity index (χ2n) is 14.3. The number of benzene rings is 9. The van der Waals surface area contributed by atoms with Gasteiger partial charge in [-0.25, -0.2) is 15.0 Å². The third-order valence-corrected chi connectivity index (χ3v) is 11.1. The lowest BCUT2D eigenvalue weighted by molar-refractivity contribution is 0.670. The van der Waals surface area contributed by atoms with Crippen LogP contribution in [0.5, 0.6) is 0 Å². The standard InChI is InChI=1S/C51H29N3O2/c1-2-14-30(15-3-1)49-52-50(54-51(53-49)43-28-31-16-4-5-17-32(31)33-18-6-7-19-34(33)43)40-25-13-27-45-46(40)39-24-12-23-38(47(39)56-45)41-29-42-36-21-10-11-26-44(36)55-48(42)37-22-9-8-20-35(37)41/h1-29H. The van der Waals surface area contributed by atoms with Gasteiger partial charge < -0.3 is 8.83 Å². The van der Waals surface area contributed by atoms with Gasteiger partial charge in [-0.3, -0.25) is 0 Å². The maximum Gasteiger partial charge on any atom is 0.164 e. The minimum Gasteiger partial charge on any atom is -0.455 e. The molecule has 3 heterocycles. The molecule has 0 unspecified atom stereocenters. The first-order valence-electron chi connectivity index (χ1n) is 18.8. The second-order valence-corrected chi connectivity index (χ2v) is 14.3. The number of hydrogen-bond acceptors (Lipinski definition) is 5. The number of rotatable bonds is 4. The third-order valence-electron chi connectivity index (χ3n) is 11.1. The predicted molar refractivity (Wildman–Crippen MR) is 229 cm³/mol. The van der Waals surface area contributed by atoms with Crippen molar-refractivity contribution < 1.29 is 8.83 Å². The Morgan fingerprint density at radius 3 is 1.71 bits per heavy atom. The molecule has 5 nitrogen and oxygen atoms in total. The lowest BCUT2D eigenvalue weighted by Crippen LogP contribution is -2.01. The Morgan fingerprint density at radius 1 is 0.304 bits per heavy atom. The molecule has 0 aliphatic rings. The number of hydrogen-bond donors (Lipinski definition) is 0. The molecule has 0 spiro atoms. The molecule has 12 aromatic rings. The van der Waals surface area contributed by atoms with Crippen molar-refractivity contribution in [1.82, 2.24) is 15.0 Å². The Kier molecular flexibility index (Phi) is 6.56. The zero-order valence-electron chi connectivity index (χ0n) is 29.9. The molecule has 0 saturated heterocycles. The Morgan fingerprint density at radius 2 is 0.875 bits per heavy atom. The summed E-state index contributed by atoms with van der Waals surface area (Å²) in [5.41, 5.74) is 8.20. The second kappa shape index (κ2) is 11.9. The van der Waals surface area contributed by atoms with Gasteiger partial charge in [0.1, 0.15) is 22.3 Å². The van der Waals surface area contributed by atoms with Crippen LogP contribution in [0.25, 0.3) is 121 Å². The van der Waals surface area contributed by atoms with Gasteiger partial charge in [0.15, 0.2) is 17.5 Å². The van der Waals surface area contributed by atoms with E-state index in [1.54, 1.807) is 0 Å². The summed E-state index contributed by atoms with van der Waals surface area (Å²) in [7, 11) is 0. The van der Waals surface area contributed by atoms with E-state index in [-0.39, 0.29) is 0 Å². The first kappa shape index (κ1) is 30.8. The fourth-order valence-electron chi connectivity index (χ4n) is 8.59. The molecule has 56 heavy (non-hydrogen) atoms. The van der Waals surface area contributed by atoms with Crippen molar-refractivity contribution in [3.05, 3.63) is 176 Å². The summed E-state index contributed by atoms with van der Waals surface area (Å²) in [6, 6.07) is 60.8. The SMILES string of the molecule is c1ccc(-c2nc(-c3cc4ccccc4c4ccccc34)nc(-c3cccc4oc5c(-c6cc7c8ccccc8oc7c7ccccc67)cccc5c34)n2)cc1. The van der Waals surface area contributed by atoms with Crippen molar-refractivity contribution in [3.8, 4) is 45.3 Å². The number of para-hydroxylation sites is 2. The summed E-state index contributed by atoms with van der Waals surface area (Å²) in [5, 5.41) is 10.9. The van der Waals surface area contributed by atoms with Crippen molar-refractivity contribution in [1.29, 1.82) is 0 Å². The smallest absolute Gasteiger partial charge is 0.164 e. The van der Waals surface area contributed by atoms with Crippen LogP contribution in [0.3, 0.4) is 0 Å². The highest BCUT2D eigenvalue weighted by molar-refractivity contribution is 6.22. The fourth-order valence-corrected chi connectivity index (χ4v) is 8.59. The van der Waals surface area contributed by atoms with E-state index in [0.29, 0.717) is 17.5 Å². The lowest BCUT2D eigenvalue weighted by atomic mass is 9.94. The van der Waals surface area contributed by atoms with Gasteiger partial charge in [0.25, 0.3) is 0 Å². The van der Waals surface area contributed by atoms with E-state index in [2.05, 4.69) is 121 Å². The van der Waals surface area contributed by atoms with Crippen LogP contribution in [0.15, 0.2) is 185 Å². The molecule has 0 saturated carbocycles. The zero-order chi connectivity index (χ0) is 36.7. The van der Waals surface area contributed by atoms with Crippen LogP contribution in [0.4, 0.5) is 0 Å². The molecule has 12 rings (SSSR count). The van der Waals surface area contributed by atoms with E-state index in [9.17, 15) is 0 Å². The molecule has 0 aliphatic heterocycles. The Labute approximate surface area is 320 Å². The van der Waals surface area contributed by atoms with Crippen LogP contribution in [0.2, 0.25) is 0 Å². The van der Waals surface area contributed by atoms with Crippen molar-refractivity contribution >= 4 is 76.2 Å². The Bertz CT molecular complexity index is 3550. The molecule has 260 valence electrons. The molecule has 3 aromatic heterocycles. The summed E-state index contributed by atoms with van der Waals surface area (Å²) in [4.78, 5) is 15.6. The predicted octanol–water partition coefficient (Wildman–Crippen LogP) is 13.8. The van der Waals surface area contributed by atoms with Crippen LogP contribution in [-0.2, 0) is 0 Å². The maximum absolute atomic E-state index is 6.87. The molecule has 9 aromatic carbocycles. The highest BCUT2D eigenvalue weighted by atomic mass is 16.3. The molecule has 0 aliphatic carbocycles. The summed E-state index contributed by atoms with van der Waals surface area (Å²) >= 11 is 0. The number of fused-ring (bicyclic) bond motifs is 11. The molecule has 0 radical (unpaired) electrons. The van der Waals surface area contributed by atoms with Crippen molar-refractivity contribution in [2.24, 2.45) is 0 Å². The van der Waals surface area contributed by atoms with Gasteiger partial charge in [-0.05, 0) is 56.8 Å². The van der Waals surface area contributed by atoms with Crippen molar-refractivity contribution in [2.45, 2.75) is 0 Å². The van der Waals surface area contributed by atoms with E-state index in [0.717, 1.165) is 98.6 Å². The van der Waals surface area contributed by atoms with E-state index in [4.69, 9.17) is 23.8 Å². The lowest BCUT2D eigenvalue weighted by Gasteiger charge is -2.12. The van der Waals surface area contributed by atoms with Crippen LogP contribution in [0.1, 0.15) is 0 Å². The molecule has 5 heteroatoms. The van der Waals surface area contributed by atoms with Crippen LogP contribution < -0.4 is 0 Å². The molecule has 0 amide bonds. The van der Waals surface area contributed by atoms with Gasteiger partial charge in [-0.2, -0.15) is 0 Å². The number of furan rings is 2. The Hall–Kier alpha value is -7.63. The fraction of sp³-hybridized carbons (Fsp3) is 0. The minimum atomic E-state index is 0.585. The van der Waals surface area contributed by atoms with Gasteiger partial charge in [-0.1, -0.05) is 152 Å². The normalized spacial score (nSPS) is 11.9. The highest BCUT2D eigenvalue weighted by Gasteiger charge is 2.22. The number of nitrogens with zero attached hydrogens (tertiary/aromatic N) is 3. The maximum atomic E-state index is 6.87. The van der Waals surface area contributed by atoms with Gasteiger partial charge in [0.05, 0.1) is 0 Å². The first-order chi connectivity index (χ1) is 27.8. The van der Waals surface area contributed by atoms with Crippen molar-refractivity contribution in [3.63, 3.8) is 0 Å². The summed E-state index contributed by atoms with van der Waals surface area (Å²) in [6.07, 6.45) is 0. The average Bonchev–Trinajstić information content (AvgIpc) is 3.85. The topological polar surface area (TPSA) is 65.0 Å². The molecule has 0 fully saturated rings. The summed E-state index contributed by atoms with van der Waals surface area (Å²) in [6.45, 7) is 0. The number of aromatic nitrogens is 3. The summed E-state index contributed by atoms with van der Waals surface area (Å²) < 4.78 is 13.3. The molecule has 0 atom stereocenters. The molecular weight excluding hydrogens is 687 g/mol. The molecule has 0 bridgehead atoms. The van der Waals surface area contributed by atoms with Gasteiger partial charge in [0.2, 0.25) is 0 Å². The van der Waals surface area contributed by atoms with Crippen molar-refractivity contribution in [2.75, 3.05) is 0 Å². The van der Waals surface area contributed by atoms with Crippen LogP contribution in [0, 0.1) is 0 Å². The third kappa shape index (κ3) is 4.58. The Balaban J connectivity index is 1.12. The average molecular weight is 716 g/mol. The van der Waals surface area contributed by atoms with Gasteiger partial charge in [0, 0.05) is 49.2 Å². The zero-order valence-corrected chi connectivity index (χ0v) is 29.9. The first-order valence-corrected chi connectivity index (χ1v) is 18.8. The van der Waals surface area contributed by atoms with Gasteiger partial charge in [-0.15, -0.1) is 0 Å². The van der Waals surface area contributed by atoms with E-state index in [1.165, 1.54) is 5.39 Å². The monoisotopic (exact) mass is 715 g/mol. The molecular formula is C51H29N3O2. The van der Waals surface area contributed by atoms with Crippen LogP contribution in [-0.4, -0.2) is 15.0 Å². The largest absolute Gasteiger partial charge is 0.455 e. The van der Waals surface area contributed by atoms with E-state index < -0.39 is 0 Å². The van der Waals surface area contributed by atoms with E-state index in [1.807, 2.05) is 54.6 Å².